The average Bonchev–Trinajstić information content (AvgIpc) is 2.64. The van der Waals surface area contributed by atoms with Crippen molar-refractivity contribution in [1.82, 2.24) is 15.2 Å². The van der Waals surface area contributed by atoms with Gasteiger partial charge in [-0.2, -0.15) is 0 Å². The first-order valence-electron chi connectivity index (χ1n) is 8.65. The number of amides is 2. The van der Waals surface area contributed by atoms with Crippen molar-refractivity contribution in [1.29, 1.82) is 0 Å². The number of halogens is 1. The Labute approximate surface area is 152 Å². The summed E-state index contributed by atoms with van der Waals surface area (Å²) in [5.41, 5.74) is 0.671. The van der Waals surface area contributed by atoms with Gasteiger partial charge < -0.3 is 20.1 Å². The maximum Gasteiger partial charge on any atom is 0.317 e. The summed E-state index contributed by atoms with van der Waals surface area (Å²) in [5.74, 6) is 0.241. The fourth-order valence-electron chi connectivity index (χ4n) is 2.36. The molecular weight excluding hydrogens is 337 g/mol. The number of urea groups is 1. The number of rotatable bonds is 9. The van der Waals surface area contributed by atoms with Crippen LogP contribution in [0.2, 0.25) is 0 Å². The number of benzene rings is 1. The maximum absolute atomic E-state index is 13.3. The molecule has 0 aliphatic carbocycles. The maximum atomic E-state index is 13.3. The van der Waals surface area contributed by atoms with Gasteiger partial charge in [-0.05, 0) is 24.6 Å². The molecule has 0 bridgehead atoms. The molecule has 0 aliphatic heterocycles. The number of aliphatic hydroxyl groups is 1. The van der Waals surface area contributed by atoms with Gasteiger partial charge in [-0.1, -0.05) is 25.5 Å². The SMILES string of the molecule is CCCCN(CCO)C(=O)NCc1cccnc1Oc1cccc(F)c1. The summed E-state index contributed by atoms with van der Waals surface area (Å²) in [6.45, 7) is 3.04. The molecule has 2 rings (SSSR count). The Bertz CT molecular complexity index is 712. The molecular formula is C19H24FN3O3. The Morgan fingerprint density at radius 2 is 2.15 bits per heavy atom. The van der Waals surface area contributed by atoms with Crippen LogP contribution in [0.25, 0.3) is 0 Å². The summed E-state index contributed by atoms with van der Waals surface area (Å²) >= 11 is 0. The van der Waals surface area contributed by atoms with Crippen LogP contribution < -0.4 is 10.1 Å². The number of aliphatic hydroxyl groups excluding tert-OH is 1. The zero-order chi connectivity index (χ0) is 18.8. The molecule has 1 aromatic carbocycles. The molecule has 1 heterocycles. The molecule has 0 saturated heterocycles. The quantitative estimate of drug-likeness (QED) is 0.718. The van der Waals surface area contributed by atoms with E-state index in [9.17, 15) is 9.18 Å². The predicted molar refractivity (Wildman–Crippen MR) is 96.5 cm³/mol. The van der Waals surface area contributed by atoms with Crippen LogP contribution in [0.1, 0.15) is 25.3 Å². The molecule has 2 aromatic rings. The fraction of sp³-hybridized carbons (Fsp3) is 0.368. The minimum absolute atomic E-state index is 0.0854. The predicted octanol–water partition coefficient (Wildman–Crippen LogP) is 3.32. The van der Waals surface area contributed by atoms with Gasteiger partial charge in [-0.25, -0.2) is 14.2 Å². The largest absolute Gasteiger partial charge is 0.439 e. The molecule has 0 atom stereocenters. The van der Waals surface area contributed by atoms with E-state index in [1.807, 2.05) is 6.92 Å². The Morgan fingerprint density at radius 1 is 1.31 bits per heavy atom. The number of nitrogens with one attached hydrogen (secondary N) is 1. The molecule has 1 aromatic heterocycles. The molecule has 0 saturated carbocycles. The number of carbonyl (C=O) groups is 1. The minimum Gasteiger partial charge on any atom is -0.439 e. The Kier molecular flexibility index (Phi) is 7.82. The second-order valence-corrected chi connectivity index (χ2v) is 5.75. The molecule has 0 aliphatic rings. The molecule has 26 heavy (non-hydrogen) atoms. The number of nitrogens with zero attached hydrogens (tertiary/aromatic N) is 2. The van der Waals surface area contributed by atoms with Gasteiger partial charge in [-0.15, -0.1) is 0 Å². The van der Waals surface area contributed by atoms with Gasteiger partial charge >= 0.3 is 6.03 Å². The van der Waals surface area contributed by atoms with Crippen molar-refractivity contribution in [2.45, 2.75) is 26.3 Å². The van der Waals surface area contributed by atoms with Crippen LogP contribution >= 0.6 is 0 Å². The monoisotopic (exact) mass is 361 g/mol. The summed E-state index contributed by atoms with van der Waals surface area (Å²) in [7, 11) is 0. The van der Waals surface area contributed by atoms with E-state index >= 15 is 0 Å². The van der Waals surface area contributed by atoms with Crippen LogP contribution in [0.3, 0.4) is 0 Å². The lowest BCUT2D eigenvalue weighted by molar-refractivity contribution is 0.176. The second kappa shape index (κ2) is 10.4. The van der Waals surface area contributed by atoms with Gasteiger partial charge in [0.25, 0.3) is 0 Å². The Balaban J connectivity index is 2.01. The molecule has 140 valence electrons. The number of unbranched alkanes of at least 4 members (excludes halogenated alkanes) is 1. The standard InChI is InChI=1S/C19H24FN3O3/c1-2-3-10-23(11-12-24)19(25)22-14-15-6-5-9-21-18(15)26-17-8-4-7-16(20)13-17/h4-9,13,24H,2-3,10-12,14H2,1H3,(H,22,25). The second-order valence-electron chi connectivity index (χ2n) is 5.75. The van der Waals surface area contributed by atoms with Gasteiger partial charge in [0.15, 0.2) is 0 Å². The van der Waals surface area contributed by atoms with E-state index in [0.29, 0.717) is 23.7 Å². The highest BCUT2D eigenvalue weighted by molar-refractivity contribution is 5.74. The molecule has 0 unspecified atom stereocenters. The molecule has 6 nitrogen and oxygen atoms in total. The average molecular weight is 361 g/mol. The number of aromatic nitrogens is 1. The summed E-state index contributed by atoms with van der Waals surface area (Å²) in [4.78, 5) is 18.1. The van der Waals surface area contributed by atoms with Crippen molar-refractivity contribution >= 4 is 6.03 Å². The normalized spacial score (nSPS) is 10.4. The highest BCUT2D eigenvalue weighted by Gasteiger charge is 2.14. The van der Waals surface area contributed by atoms with Crippen LogP contribution in [-0.4, -0.2) is 40.7 Å². The van der Waals surface area contributed by atoms with Crippen molar-refractivity contribution in [3.8, 4) is 11.6 Å². The van der Waals surface area contributed by atoms with Crippen molar-refractivity contribution in [3.05, 3.63) is 54.0 Å². The third-order valence-corrected chi connectivity index (χ3v) is 3.73. The third-order valence-electron chi connectivity index (χ3n) is 3.73. The first-order chi connectivity index (χ1) is 12.6. The van der Waals surface area contributed by atoms with E-state index in [2.05, 4.69) is 10.3 Å². The lowest BCUT2D eigenvalue weighted by Crippen LogP contribution is -2.41. The van der Waals surface area contributed by atoms with Crippen LogP contribution in [0.5, 0.6) is 11.6 Å². The van der Waals surface area contributed by atoms with Crippen LogP contribution in [0, 0.1) is 5.82 Å². The van der Waals surface area contributed by atoms with Crippen molar-refractivity contribution in [2.75, 3.05) is 19.7 Å². The highest BCUT2D eigenvalue weighted by Crippen LogP contribution is 2.23. The van der Waals surface area contributed by atoms with E-state index in [1.54, 1.807) is 35.4 Å². The smallest absolute Gasteiger partial charge is 0.317 e. The number of carbonyl (C=O) groups excluding carboxylic acids is 1. The third kappa shape index (κ3) is 6.00. The molecule has 0 fully saturated rings. The topological polar surface area (TPSA) is 74.7 Å². The van der Waals surface area contributed by atoms with Crippen molar-refractivity contribution < 1.29 is 19.0 Å². The van der Waals surface area contributed by atoms with Gasteiger partial charge in [-0.3, -0.25) is 0 Å². The van der Waals surface area contributed by atoms with Crippen LogP contribution in [-0.2, 0) is 6.54 Å². The Morgan fingerprint density at radius 3 is 2.88 bits per heavy atom. The van der Waals surface area contributed by atoms with Crippen molar-refractivity contribution in [3.63, 3.8) is 0 Å². The zero-order valence-corrected chi connectivity index (χ0v) is 14.8. The summed E-state index contributed by atoms with van der Waals surface area (Å²) in [5, 5.41) is 11.9. The van der Waals surface area contributed by atoms with E-state index in [4.69, 9.17) is 9.84 Å². The van der Waals surface area contributed by atoms with Gasteiger partial charge in [0.1, 0.15) is 11.6 Å². The molecule has 2 N–H and O–H groups in total. The Hall–Kier alpha value is -2.67. The first-order valence-corrected chi connectivity index (χ1v) is 8.65. The van der Waals surface area contributed by atoms with Gasteiger partial charge in [0, 0.05) is 37.5 Å². The van der Waals surface area contributed by atoms with Crippen LogP contribution in [0.15, 0.2) is 42.6 Å². The number of hydrogen-bond acceptors (Lipinski definition) is 4. The number of hydrogen-bond donors (Lipinski definition) is 2. The van der Waals surface area contributed by atoms with E-state index in [1.165, 1.54) is 12.1 Å². The van der Waals surface area contributed by atoms with Gasteiger partial charge in [0.2, 0.25) is 5.88 Å². The molecule has 0 spiro atoms. The van der Waals surface area contributed by atoms with E-state index < -0.39 is 5.82 Å². The number of ether oxygens (including phenoxy) is 1. The van der Waals surface area contributed by atoms with Crippen LogP contribution in [0.4, 0.5) is 9.18 Å². The summed E-state index contributed by atoms with van der Waals surface area (Å²) in [6.07, 6.45) is 3.40. The minimum atomic E-state index is -0.399. The first kappa shape index (κ1) is 19.7. The molecule has 2 amide bonds. The van der Waals surface area contributed by atoms with E-state index in [0.717, 1.165) is 12.8 Å². The summed E-state index contributed by atoms with van der Waals surface area (Å²) in [6, 6.07) is 9.05. The van der Waals surface area contributed by atoms with Gasteiger partial charge in [0.05, 0.1) is 6.61 Å². The van der Waals surface area contributed by atoms with Crippen molar-refractivity contribution in [2.24, 2.45) is 0 Å². The lowest BCUT2D eigenvalue weighted by Gasteiger charge is -2.22. The fourth-order valence-corrected chi connectivity index (χ4v) is 2.36. The highest BCUT2D eigenvalue weighted by atomic mass is 19.1. The summed E-state index contributed by atoms with van der Waals surface area (Å²) < 4.78 is 18.9. The van der Waals surface area contributed by atoms with E-state index in [-0.39, 0.29) is 25.7 Å². The lowest BCUT2D eigenvalue weighted by atomic mass is 10.2. The molecule has 0 radical (unpaired) electrons. The number of pyridine rings is 1. The zero-order valence-electron chi connectivity index (χ0n) is 14.8. The molecule has 7 heteroatoms.